The number of hydrogen-bond donors (Lipinski definition) is 3. The maximum atomic E-state index is 12.3. The van der Waals surface area contributed by atoms with Crippen LogP contribution >= 0.6 is 0 Å². The highest BCUT2D eigenvalue weighted by atomic mass is 16.6. The van der Waals surface area contributed by atoms with Crippen LogP contribution in [0.4, 0.5) is 5.69 Å². The topological polar surface area (TPSA) is 152 Å². The molecular weight excluding hydrogens is 406 g/mol. The molecule has 0 aliphatic heterocycles. The highest BCUT2D eigenvalue weighted by Crippen LogP contribution is 2.20. The highest BCUT2D eigenvalue weighted by molar-refractivity contribution is 6.07. The molecule has 2 amide bonds. The van der Waals surface area contributed by atoms with Crippen molar-refractivity contribution < 1.29 is 18.9 Å². The van der Waals surface area contributed by atoms with Gasteiger partial charge in [-0.15, -0.1) is 0 Å². The normalized spacial score (nSPS) is 11.0. The number of para-hydroxylation sites is 1. The fourth-order valence-corrected chi connectivity index (χ4v) is 3.29. The molecule has 0 radical (unpaired) electrons. The minimum Gasteiger partial charge on any atom is -0.407 e. The number of H-pyrrole nitrogens is 1. The molecule has 0 unspecified atom stereocenters. The van der Waals surface area contributed by atoms with Gasteiger partial charge in [-0.2, -0.15) is 0 Å². The van der Waals surface area contributed by atoms with Crippen LogP contribution in [-0.4, -0.2) is 26.3 Å². The summed E-state index contributed by atoms with van der Waals surface area (Å²) in [5.41, 5.74) is 6.26. The van der Waals surface area contributed by atoms with Gasteiger partial charge in [-0.25, -0.2) is 4.79 Å². The maximum Gasteiger partial charge on any atom is 0.419 e. The van der Waals surface area contributed by atoms with Crippen LogP contribution in [0.5, 0.6) is 0 Å². The Kier molecular flexibility index (Phi) is 5.22. The molecule has 11 nitrogen and oxygen atoms in total. The smallest absolute Gasteiger partial charge is 0.407 e. The molecule has 2 heterocycles. The minimum atomic E-state index is -0.663. The average molecular weight is 423 g/mol. The average Bonchev–Trinajstić information content (AvgIpc) is 3.32. The number of carbonyl (C=O) groups excluding carboxylic acids is 2. The molecule has 0 saturated heterocycles. The number of aromatic amines is 1. The number of fused-ring (bicyclic) bond motifs is 2. The molecule has 2 aromatic heterocycles. The highest BCUT2D eigenvalue weighted by Gasteiger charge is 2.15. The van der Waals surface area contributed by atoms with Gasteiger partial charge in [0.05, 0.1) is 22.1 Å². The van der Waals surface area contributed by atoms with E-state index in [-0.39, 0.29) is 24.2 Å². The van der Waals surface area contributed by atoms with Gasteiger partial charge in [0, 0.05) is 36.1 Å². The zero-order valence-corrected chi connectivity index (χ0v) is 16.1. The SMILES string of the molecule is O=C(CCCn1c(=O)oc2cc([N+](=O)[O-])ccc21)NNC(=O)c1c[nH]c2ccccc12. The van der Waals surface area contributed by atoms with Crippen molar-refractivity contribution in [3.63, 3.8) is 0 Å². The number of oxazole rings is 1. The van der Waals surface area contributed by atoms with E-state index in [9.17, 15) is 24.5 Å². The summed E-state index contributed by atoms with van der Waals surface area (Å²) in [5.74, 6) is -1.54. The Bertz CT molecular complexity index is 1370. The summed E-state index contributed by atoms with van der Waals surface area (Å²) in [5, 5.41) is 11.6. The van der Waals surface area contributed by atoms with E-state index in [1.807, 2.05) is 18.2 Å². The van der Waals surface area contributed by atoms with Crippen LogP contribution in [0.3, 0.4) is 0 Å². The summed E-state index contributed by atoms with van der Waals surface area (Å²) in [4.78, 5) is 49.6. The fraction of sp³-hybridized carbons (Fsp3) is 0.150. The molecule has 4 rings (SSSR count). The predicted octanol–water partition coefficient (Wildman–Crippen LogP) is 2.23. The third kappa shape index (κ3) is 4.01. The standard InChI is InChI=1S/C20H17N5O6/c26-18(22-23-19(27)14-11-21-15-5-2-1-4-13(14)15)6-3-9-24-16-8-7-12(25(29)30)10-17(16)31-20(24)28/h1-2,4-5,7-8,10-11,21H,3,6,9H2,(H,22,26)(H,23,27). The second kappa shape index (κ2) is 8.14. The third-order valence-corrected chi connectivity index (χ3v) is 4.80. The van der Waals surface area contributed by atoms with Gasteiger partial charge >= 0.3 is 5.76 Å². The molecule has 158 valence electrons. The van der Waals surface area contributed by atoms with Gasteiger partial charge in [0.25, 0.3) is 11.6 Å². The first-order chi connectivity index (χ1) is 14.9. The number of aromatic nitrogens is 2. The summed E-state index contributed by atoms with van der Waals surface area (Å²) in [7, 11) is 0. The number of nitrogens with zero attached hydrogens (tertiary/aromatic N) is 2. The first kappa shape index (κ1) is 19.9. The number of non-ortho nitro benzene ring substituents is 1. The van der Waals surface area contributed by atoms with Crippen LogP contribution in [-0.2, 0) is 11.3 Å². The number of hydrogen-bond acceptors (Lipinski definition) is 6. The number of nitro groups is 1. The molecule has 0 fully saturated rings. The Hall–Kier alpha value is -4.41. The maximum absolute atomic E-state index is 12.3. The molecule has 31 heavy (non-hydrogen) atoms. The second-order valence-corrected chi connectivity index (χ2v) is 6.78. The Morgan fingerprint density at radius 2 is 1.97 bits per heavy atom. The van der Waals surface area contributed by atoms with Crippen LogP contribution in [0, 0.1) is 10.1 Å². The molecule has 0 saturated carbocycles. The number of benzene rings is 2. The van der Waals surface area contributed by atoms with E-state index in [1.165, 1.54) is 22.8 Å². The quantitative estimate of drug-likeness (QED) is 0.319. The van der Waals surface area contributed by atoms with Gasteiger partial charge in [-0.3, -0.25) is 35.1 Å². The van der Waals surface area contributed by atoms with Crippen LogP contribution in [0.25, 0.3) is 22.0 Å². The number of carbonyl (C=O) groups is 2. The van der Waals surface area contributed by atoms with Crippen molar-refractivity contribution in [3.05, 3.63) is 74.9 Å². The molecule has 11 heteroatoms. The lowest BCUT2D eigenvalue weighted by molar-refractivity contribution is -0.384. The van der Waals surface area contributed by atoms with Gasteiger partial charge in [0.2, 0.25) is 5.91 Å². The second-order valence-electron chi connectivity index (χ2n) is 6.78. The molecule has 0 aliphatic carbocycles. The van der Waals surface area contributed by atoms with Crippen molar-refractivity contribution in [3.8, 4) is 0 Å². The zero-order valence-electron chi connectivity index (χ0n) is 16.1. The Labute approximate surface area is 173 Å². The Balaban J connectivity index is 1.32. The van der Waals surface area contributed by atoms with E-state index in [0.29, 0.717) is 17.5 Å². The molecule has 0 spiro atoms. The lowest BCUT2D eigenvalue weighted by atomic mass is 10.2. The van der Waals surface area contributed by atoms with E-state index < -0.39 is 22.5 Å². The van der Waals surface area contributed by atoms with Crippen molar-refractivity contribution in [2.45, 2.75) is 19.4 Å². The number of rotatable bonds is 6. The predicted molar refractivity (Wildman–Crippen MR) is 110 cm³/mol. The molecule has 0 bridgehead atoms. The Morgan fingerprint density at radius 3 is 2.77 bits per heavy atom. The summed E-state index contributed by atoms with van der Waals surface area (Å²) >= 11 is 0. The van der Waals surface area contributed by atoms with Crippen molar-refractivity contribution in [1.82, 2.24) is 20.4 Å². The largest absolute Gasteiger partial charge is 0.419 e. The number of nitrogens with one attached hydrogen (secondary N) is 3. The first-order valence-electron chi connectivity index (χ1n) is 9.37. The van der Waals surface area contributed by atoms with E-state index in [1.54, 1.807) is 12.3 Å². The van der Waals surface area contributed by atoms with E-state index in [2.05, 4.69) is 15.8 Å². The van der Waals surface area contributed by atoms with Crippen LogP contribution in [0.2, 0.25) is 0 Å². The third-order valence-electron chi connectivity index (χ3n) is 4.80. The van der Waals surface area contributed by atoms with E-state index in [0.717, 1.165) is 10.9 Å². The zero-order chi connectivity index (χ0) is 22.0. The van der Waals surface area contributed by atoms with Crippen molar-refractivity contribution >= 4 is 39.5 Å². The lowest BCUT2D eigenvalue weighted by Crippen LogP contribution is -2.41. The van der Waals surface area contributed by atoms with Crippen LogP contribution in [0.1, 0.15) is 23.2 Å². The summed E-state index contributed by atoms with van der Waals surface area (Å²) in [6.07, 6.45) is 1.90. The van der Waals surface area contributed by atoms with Gasteiger partial charge in [-0.1, -0.05) is 18.2 Å². The molecule has 0 aliphatic rings. The van der Waals surface area contributed by atoms with Crippen molar-refractivity contribution in [2.75, 3.05) is 0 Å². The Morgan fingerprint density at radius 1 is 1.16 bits per heavy atom. The van der Waals surface area contributed by atoms with Gasteiger partial charge in [-0.05, 0) is 18.6 Å². The van der Waals surface area contributed by atoms with Gasteiger partial charge in [0.15, 0.2) is 5.58 Å². The summed E-state index contributed by atoms with van der Waals surface area (Å²) in [6, 6.07) is 11.2. The molecule has 2 aromatic carbocycles. The van der Waals surface area contributed by atoms with Crippen molar-refractivity contribution in [1.29, 1.82) is 0 Å². The fourth-order valence-electron chi connectivity index (χ4n) is 3.29. The van der Waals surface area contributed by atoms with E-state index >= 15 is 0 Å². The number of amides is 2. The van der Waals surface area contributed by atoms with E-state index in [4.69, 9.17) is 4.42 Å². The van der Waals surface area contributed by atoms with Gasteiger partial charge < -0.3 is 9.40 Å². The number of nitro benzene ring substituents is 1. The molecule has 0 atom stereocenters. The minimum absolute atomic E-state index is 0.0419. The lowest BCUT2D eigenvalue weighted by Gasteiger charge is -2.07. The van der Waals surface area contributed by atoms with Crippen molar-refractivity contribution in [2.24, 2.45) is 0 Å². The first-order valence-corrected chi connectivity index (χ1v) is 9.37. The van der Waals surface area contributed by atoms with Gasteiger partial charge in [0.1, 0.15) is 0 Å². The molecule has 4 aromatic rings. The van der Waals surface area contributed by atoms with Crippen LogP contribution < -0.4 is 16.6 Å². The monoisotopic (exact) mass is 423 g/mol. The van der Waals surface area contributed by atoms with Crippen LogP contribution in [0.15, 0.2) is 57.9 Å². The number of hydrazine groups is 1. The summed E-state index contributed by atoms with van der Waals surface area (Å²) < 4.78 is 6.35. The molecule has 3 N–H and O–H groups in total. The molecular formula is C20H17N5O6. The summed E-state index contributed by atoms with van der Waals surface area (Å²) in [6.45, 7) is 0.174. The number of aryl methyl sites for hydroxylation is 1.